The molecule has 4 aliphatic rings. The van der Waals surface area contributed by atoms with E-state index in [4.69, 9.17) is 6.57 Å². The molecule has 2 N–H and O–H groups in total. The molecule has 3 heteroatoms. The van der Waals surface area contributed by atoms with Crippen molar-refractivity contribution in [1.29, 1.82) is 0 Å². The fourth-order valence-corrected chi connectivity index (χ4v) is 7.95. The van der Waals surface area contributed by atoms with E-state index >= 15 is 0 Å². The third-order valence-corrected chi connectivity index (χ3v) is 9.02. The zero-order valence-electron chi connectivity index (χ0n) is 15.7. The Bertz CT molecular complexity index is 608. The molecular weight excluding hydrogens is 310 g/mol. The van der Waals surface area contributed by atoms with Gasteiger partial charge in [0, 0.05) is 6.61 Å². The summed E-state index contributed by atoms with van der Waals surface area (Å²) in [6.45, 7) is 12.4. The summed E-state index contributed by atoms with van der Waals surface area (Å²) in [4.78, 5) is 3.59. The van der Waals surface area contributed by atoms with Gasteiger partial charge in [-0.25, -0.2) is 4.85 Å². The number of nitrogens with zero attached hydrogens (tertiary/aromatic N) is 1. The lowest BCUT2D eigenvalue weighted by molar-refractivity contribution is -0.150. The van der Waals surface area contributed by atoms with E-state index in [1.807, 2.05) is 0 Å². The fourth-order valence-electron chi connectivity index (χ4n) is 7.95. The Morgan fingerprint density at radius 2 is 2.04 bits per heavy atom. The number of hydrogen-bond acceptors (Lipinski definition) is 2. The highest BCUT2D eigenvalue weighted by atomic mass is 16.3. The van der Waals surface area contributed by atoms with E-state index in [9.17, 15) is 10.2 Å². The maximum Gasteiger partial charge on any atom is 0.154 e. The Morgan fingerprint density at radius 1 is 1.24 bits per heavy atom. The van der Waals surface area contributed by atoms with Gasteiger partial charge in [-0.3, -0.25) is 0 Å². The Hall–Kier alpha value is -0.850. The average molecular weight is 344 g/mol. The van der Waals surface area contributed by atoms with Crippen molar-refractivity contribution in [3.8, 4) is 0 Å². The van der Waals surface area contributed by atoms with Crippen LogP contribution in [0.1, 0.15) is 65.2 Å². The topological polar surface area (TPSA) is 44.8 Å². The molecule has 138 valence electrons. The second-order valence-corrected chi connectivity index (χ2v) is 9.89. The van der Waals surface area contributed by atoms with Crippen molar-refractivity contribution in [1.82, 2.24) is 0 Å². The Balaban J connectivity index is 1.71. The first-order valence-corrected chi connectivity index (χ1v) is 10.3. The molecule has 0 unspecified atom stereocenters. The smallest absolute Gasteiger partial charge is 0.154 e. The summed E-state index contributed by atoms with van der Waals surface area (Å²) in [5.41, 5.74) is 1.75. The van der Waals surface area contributed by atoms with Crippen LogP contribution in [0.25, 0.3) is 4.85 Å². The highest BCUT2D eigenvalue weighted by molar-refractivity contribution is 5.26. The molecule has 0 saturated heterocycles. The standard InChI is InChI=1S/C22H33NO2/c1-21-9-8-17(25)10-15(21)4-6-18-19-7-5-16(12-23-3)22(19,2)11-14(13-24)20(18)21/h12,14-15,17-20,24-25H,4-11,13H2,1-2H3/b16-12-/t14-,15+,17-,18+,19+,20+,21+,22-/m1/s1. The first-order valence-electron chi connectivity index (χ1n) is 10.3. The maximum atomic E-state index is 10.3. The van der Waals surface area contributed by atoms with Gasteiger partial charge in [-0.1, -0.05) is 19.4 Å². The minimum absolute atomic E-state index is 0.115. The van der Waals surface area contributed by atoms with Gasteiger partial charge in [0.15, 0.2) is 6.20 Å². The van der Waals surface area contributed by atoms with Gasteiger partial charge in [-0.2, -0.15) is 0 Å². The lowest BCUT2D eigenvalue weighted by atomic mass is 9.42. The molecule has 0 heterocycles. The van der Waals surface area contributed by atoms with Crippen molar-refractivity contribution < 1.29 is 10.2 Å². The molecule has 0 aromatic carbocycles. The zero-order chi connectivity index (χ0) is 17.8. The molecule has 0 radical (unpaired) electrons. The second-order valence-electron chi connectivity index (χ2n) is 9.89. The first kappa shape index (κ1) is 17.6. The van der Waals surface area contributed by atoms with Crippen LogP contribution in [0.4, 0.5) is 0 Å². The zero-order valence-corrected chi connectivity index (χ0v) is 15.7. The molecule has 25 heavy (non-hydrogen) atoms. The van der Waals surface area contributed by atoms with Crippen LogP contribution in [0, 0.1) is 47.0 Å². The first-order chi connectivity index (χ1) is 11.9. The number of allylic oxidation sites excluding steroid dienone is 1. The Morgan fingerprint density at radius 3 is 2.76 bits per heavy atom. The van der Waals surface area contributed by atoms with Crippen molar-refractivity contribution in [3.05, 3.63) is 23.2 Å². The molecule has 4 saturated carbocycles. The molecule has 4 aliphatic carbocycles. The molecule has 4 fully saturated rings. The monoisotopic (exact) mass is 343 g/mol. The van der Waals surface area contributed by atoms with Crippen LogP contribution in [-0.4, -0.2) is 22.9 Å². The van der Waals surface area contributed by atoms with Crippen LogP contribution in [0.3, 0.4) is 0 Å². The number of aliphatic hydroxyl groups excluding tert-OH is 2. The second kappa shape index (κ2) is 6.10. The quantitative estimate of drug-likeness (QED) is 0.693. The molecule has 0 aliphatic heterocycles. The SMILES string of the molecule is [C-]#[N+]/C=C1/CC[C@H]2[C@@H]3CC[C@H]4C[C@H](O)CC[C@]4(C)[C@H]3[C@@H](CO)C[C@]12C. The van der Waals surface area contributed by atoms with Crippen LogP contribution >= 0.6 is 0 Å². The van der Waals surface area contributed by atoms with Gasteiger partial charge in [-0.05, 0) is 91.8 Å². The van der Waals surface area contributed by atoms with Gasteiger partial charge in [0.1, 0.15) is 0 Å². The minimum Gasteiger partial charge on any atom is -0.396 e. The van der Waals surface area contributed by atoms with Gasteiger partial charge in [0.05, 0.1) is 12.7 Å². The van der Waals surface area contributed by atoms with Crippen LogP contribution in [0.5, 0.6) is 0 Å². The van der Waals surface area contributed by atoms with Gasteiger partial charge >= 0.3 is 0 Å². The summed E-state index contributed by atoms with van der Waals surface area (Å²) >= 11 is 0. The van der Waals surface area contributed by atoms with E-state index in [2.05, 4.69) is 18.7 Å². The summed E-state index contributed by atoms with van der Waals surface area (Å²) in [5.74, 6) is 2.92. The highest BCUT2D eigenvalue weighted by Crippen LogP contribution is 2.68. The van der Waals surface area contributed by atoms with E-state index in [1.54, 1.807) is 6.20 Å². The van der Waals surface area contributed by atoms with Crippen molar-refractivity contribution in [2.24, 2.45) is 40.4 Å². The number of fused-ring (bicyclic) bond motifs is 5. The van der Waals surface area contributed by atoms with Crippen molar-refractivity contribution in [3.63, 3.8) is 0 Å². The van der Waals surface area contributed by atoms with Gasteiger partial charge in [-0.15, -0.1) is 0 Å². The lowest BCUT2D eigenvalue weighted by Crippen LogP contribution is -2.57. The van der Waals surface area contributed by atoms with Gasteiger partial charge in [0.2, 0.25) is 0 Å². The molecule has 3 nitrogen and oxygen atoms in total. The van der Waals surface area contributed by atoms with E-state index in [0.29, 0.717) is 29.6 Å². The fraction of sp³-hybridized carbons (Fsp3) is 0.864. The van der Waals surface area contributed by atoms with Gasteiger partial charge < -0.3 is 10.2 Å². The van der Waals surface area contributed by atoms with Crippen LogP contribution in [-0.2, 0) is 0 Å². The molecule has 0 amide bonds. The van der Waals surface area contributed by atoms with Crippen LogP contribution in [0.2, 0.25) is 0 Å². The molecule has 0 spiro atoms. The molecule has 0 bridgehead atoms. The summed E-state index contributed by atoms with van der Waals surface area (Å²) < 4.78 is 0. The van der Waals surface area contributed by atoms with Crippen LogP contribution in [0.15, 0.2) is 11.8 Å². The van der Waals surface area contributed by atoms with Crippen molar-refractivity contribution >= 4 is 0 Å². The van der Waals surface area contributed by atoms with Gasteiger partial charge in [0.25, 0.3) is 0 Å². The Labute approximate surface area is 152 Å². The van der Waals surface area contributed by atoms with E-state index in [-0.39, 0.29) is 23.5 Å². The number of rotatable bonds is 1. The maximum absolute atomic E-state index is 10.3. The molecule has 8 atom stereocenters. The van der Waals surface area contributed by atoms with E-state index in [1.165, 1.54) is 24.8 Å². The van der Waals surface area contributed by atoms with E-state index < -0.39 is 0 Å². The van der Waals surface area contributed by atoms with Crippen molar-refractivity contribution in [2.75, 3.05) is 6.61 Å². The third kappa shape index (κ3) is 2.44. The minimum atomic E-state index is -0.115. The Kier molecular flexibility index (Phi) is 4.28. The highest BCUT2D eigenvalue weighted by Gasteiger charge is 2.61. The summed E-state index contributed by atoms with van der Waals surface area (Å²) in [5, 5.41) is 20.5. The largest absolute Gasteiger partial charge is 0.396 e. The van der Waals surface area contributed by atoms with Crippen LogP contribution < -0.4 is 0 Å². The predicted octanol–water partition coefficient (Wildman–Crippen LogP) is 4.41. The lowest BCUT2D eigenvalue weighted by Gasteiger charge is -2.63. The molecule has 0 aromatic heterocycles. The predicted molar refractivity (Wildman–Crippen MR) is 98.4 cm³/mol. The molecular formula is C22H33NO2. The number of aliphatic hydroxyl groups is 2. The average Bonchev–Trinajstić information content (AvgIpc) is 2.91. The third-order valence-electron chi connectivity index (χ3n) is 9.02. The van der Waals surface area contributed by atoms with Crippen molar-refractivity contribution in [2.45, 2.75) is 71.3 Å². The molecule has 0 aromatic rings. The summed E-state index contributed by atoms with van der Waals surface area (Å²) in [6.07, 6.45) is 10.5. The normalized spacial score (nSPS) is 53.6. The number of hydrogen-bond donors (Lipinski definition) is 2. The van der Waals surface area contributed by atoms with E-state index in [0.717, 1.165) is 32.1 Å². The molecule has 4 rings (SSSR count). The summed E-state index contributed by atoms with van der Waals surface area (Å²) in [7, 11) is 0. The summed E-state index contributed by atoms with van der Waals surface area (Å²) in [6, 6.07) is 0.